The van der Waals surface area contributed by atoms with Gasteiger partial charge in [-0.3, -0.25) is 19.2 Å². The summed E-state index contributed by atoms with van der Waals surface area (Å²) in [5.41, 5.74) is 1.41. The van der Waals surface area contributed by atoms with Crippen molar-refractivity contribution in [1.29, 1.82) is 0 Å². The van der Waals surface area contributed by atoms with E-state index in [2.05, 4.69) is 25.9 Å². The fourth-order valence-electron chi connectivity index (χ4n) is 4.58. The first kappa shape index (κ1) is 32.2. The molecule has 43 heavy (non-hydrogen) atoms. The van der Waals surface area contributed by atoms with Crippen molar-refractivity contribution in [3.8, 4) is 0 Å². The molecule has 2 aromatic heterocycles. The number of nitrogens with one attached hydrogen (secondary N) is 3. The van der Waals surface area contributed by atoms with Gasteiger partial charge in [-0.1, -0.05) is 58.0 Å². The van der Waals surface area contributed by atoms with Gasteiger partial charge < -0.3 is 26.0 Å². The largest absolute Gasteiger partial charge is 0.383 e. The monoisotopic (exact) mass is 626 g/mol. The molecule has 11 nitrogen and oxygen atoms in total. The quantitative estimate of drug-likeness (QED) is 0.339. The zero-order chi connectivity index (χ0) is 31.1. The number of aromatic nitrogens is 2. The van der Waals surface area contributed by atoms with Gasteiger partial charge in [0.2, 0.25) is 5.91 Å². The molecule has 4 bridgehead atoms. The highest BCUT2D eigenvalue weighted by Gasteiger charge is 2.29. The van der Waals surface area contributed by atoms with E-state index in [-0.39, 0.29) is 54.7 Å². The molecule has 1 aromatic carbocycles. The Labute approximate surface area is 259 Å². The average Bonchev–Trinajstić information content (AvgIpc) is 3.67. The van der Waals surface area contributed by atoms with E-state index in [0.29, 0.717) is 22.9 Å². The molecule has 0 saturated heterocycles. The van der Waals surface area contributed by atoms with Crippen LogP contribution in [0.2, 0.25) is 0 Å². The van der Waals surface area contributed by atoms with Crippen LogP contribution in [0.4, 0.5) is 0 Å². The molecule has 4 rings (SSSR count). The van der Waals surface area contributed by atoms with E-state index in [1.807, 2.05) is 44.2 Å². The first-order chi connectivity index (χ1) is 20.5. The number of hydrogen-bond acceptors (Lipinski definition) is 9. The molecule has 13 heteroatoms. The maximum Gasteiger partial charge on any atom is 0.271 e. The number of carbonyl (C=O) groups excluding carboxylic acids is 4. The van der Waals surface area contributed by atoms with E-state index < -0.39 is 30.0 Å². The first-order valence-corrected chi connectivity index (χ1v) is 16.1. The minimum atomic E-state index is -1.27. The van der Waals surface area contributed by atoms with Crippen LogP contribution in [0, 0.1) is 11.8 Å². The highest BCUT2D eigenvalue weighted by molar-refractivity contribution is 7.10. The second-order valence-corrected chi connectivity index (χ2v) is 13.0. The highest BCUT2D eigenvalue weighted by atomic mass is 32.1. The lowest BCUT2D eigenvalue weighted by Gasteiger charge is -2.27. The summed E-state index contributed by atoms with van der Waals surface area (Å²) in [6.45, 7) is 7.48. The molecule has 0 unspecified atom stereocenters. The van der Waals surface area contributed by atoms with Crippen molar-refractivity contribution in [3.05, 3.63) is 68.1 Å². The Kier molecular flexibility index (Phi) is 11.0. The molecule has 1 aliphatic rings. The van der Waals surface area contributed by atoms with Gasteiger partial charge in [-0.05, 0) is 30.2 Å². The van der Waals surface area contributed by atoms with E-state index in [9.17, 15) is 24.3 Å². The third kappa shape index (κ3) is 8.46. The van der Waals surface area contributed by atoms with Crippen molar-refractivity contribution < 1.29 is 24.3 Å². The predicted molar refractivity (Wildman–Crippen MR) is 165 cm³/mol. The smallest absolute Gasteiger partial charge is 0.271 e. The van der Waals surface area contributed by atoms with Crippen molar-refractivity contribution >= 4 is 46.3 Å². The number of carbonyl (C=O) groups is 4. The number of rotatable bonds is 5. The number of benzene rings is 1. The van der Waals surface area contributed by atoms with Gasteiger partial charge in [0.25, 0.3) is 17.7 Å². The summed E-state index contributed by atoms with van der Waals surface area (Å²) >= 11 is 2.56. The third-order valence-electron chi connectivity index (χ3n) is 7.07. The van der Waals surface area contributed by atoms with Crippen LogP contribution >= 0.6 is 22.7 Å². The molecule has 0 fully saturated rings. The highest BCUT2D eigenvalue weighted by Crippen LogP contribution is 2.27. The average molecular weight is 627 g/mol. The first-order valence-electron chi connectivity index (χ1n) is 14.3. The van der Waals surface area contributed by atoms with Crippen LogP contribution in [-0.4, -0.2) is 69.3 Å². The zero-order valence-electron chi connectivity index (χ0n) is 24.7. The molecule has 4 amide bonds. The molecule has 0 aliphatic carbocycles. The van der Waals surface area contributed by atoms with Gasteiger partial charge in [-0.2, -0.15) is 0 Å². The van der Waals surface area contributed by atoms with Gasteiger partial charge in [0.15, 0.2) is 0 Å². The lowest BCUT2D eigenvalue weighted by Crippen LogP contribution is -2.48. The molecule has 4 N–H and O–H groups in total. The lowest BCUT2D eigenvalue weighted by molar-refractivity contribution is -0.145. The predicted octanol–water partition coefficient (Wildman–Crippen LogP) is 3.11. The minimum absolute atomic E-state index is 0.00643. The van der Waals surface area contributed by atoms with E-state index in [4.69, 9.17) is 0 Å². The normalized spacial score (nSPS) is 19.6. The Hall–Kier alpha value is -3.68. The second-order valence-electron chi connectivity index (χ2n) is 11.2. The molecule has 0 radical (unpaired) electrons. The molecule has 230 valence electrons. The van der Waals surface area contributed by atoms with E-state index in [0.717, 1.165) is 5.56 Å². The number of amides is 4. The zero-order valence-corrected chi connectivity index (χ0v) is 26.3. The van der Waals surface area contributed by atoms with E-state index >= 15 is 0 Å². The van der Waals surface area contributed by atoms with Crippen LogP contribution in [0.1, 0.15) is 82.8 Å². The molecular weight excluding hydrogens is 589 g/mol. The molecule has 0 saturated carbocycles. The summed E-state index contributed by atoms with van der Waals surface area (Å²) in [5.74, 6) is -2.09. The van der Waals surface area contributed by atoms with Gasteiger partial charge in [0, 0.05) is 23.8 Å². The van der Waals surface area contributed by atoms with E-state index in [1.165, 1.54) is 27.6 Å². The molecule has 1 aliphatic heterocycles. The number of fused-ring (bicyclic) bond motifs is 4. The molecule has 3 heterocycles. The van der Waals surface area contributed by atoms with Gasteiger partial charge in [-0.15, -0.1) is 22.7 Å². The Balaban J connectivity index is 1.67. The van der Waals surface area contributed by atoms with Crippen LogP contribution in [0.3, 0.4) is 0 Å². The molecule has 0 spiro atoms. The van der Waals surface area contributed by atoms with Crippen LogP contribution < -0.4 is 16.0 Å². The van der Waals surface area contributed by atoms with Crippen molar-refractivity contribution in [2.45, 2.75) is 58.7 Å². The Morgan fingerprint density at radius 1 is 0.977 bits per heavy atom. The summed E-state index contributed by atoms with van der Waals surface area (Å²) in [6.07, 6.45) is -0.487. The third-order valence-corrected chi connectivity index (χ3v) is 8.95. The maximum atomic E-state index is 13.4. The summed E-state index contributed by atoms with van der Waals surface area (Å²) in [6, 6.07) is 8.62. The van der Waals surface area contributed by atoms with Crippen molar-refractivity contribution in [2.24, 2.45) is 11.8 Å². The number of thiazole rings is 2. The number of aliphatic hydroxyl groups excluding tert-OH is 1. The summed E-state index contributed by atoms with van der Waals surface area (Å²) < 4.78 is 0. The van der Waals surface area contributed by atoms with Crippen molar-refractivity contribution in [3.63, 3.8) is 0 Å². The lowest BCUT2D eigenvalue weighted by atomic mass is 10.0. The molecular formula is C30H38N6O5S2. The van der Waals surface area contributed by atoms with Gasteiger partial charge in [0.05, 0.1) is 18.6 Å². The second kappa shape index (κ2) is 14.7. The number of nitrogens with zero attached hydrogens (tertiary/aromatic N) is 3. The summed E-state index contributed by atoms with van der Waals surface area (Å²) in [5, 5.41) is 23.8. The summed E-state index contributed by atoms with van der Waals surface area (Å²) in [7, 11) is 0. The summed E-state index contributed by atoms with van der Waals surface area (Å²) in [4.78, 5) is 63.1. The SMILES string of the molecule is CC(C)[C@@H]1NC(=O)c2csc(n2)[C@H](Cc2ccccc2)NC(=O)CN(C(=O)[C@H](O)C(C)C)CCCNC(=O)c2csc1n2. The fourth-order valence-corrected chi connectivity index (χ4v) is 6.45. The number of aliphatic hydroxyl groups is 1. The van der Waals surface area contributed by atoms with E-state index in [1.54, 1.807) is 24.6 Å². The van der Waals surface area contributed by atoms with Crippen molar-refractivity contribution in [2.75, 3.05) is 19.6 Å². The Bertz CT molecular complexity index is 1420. The topological polar surface area (TPSA) is 154 Å². The van der Waals surface area contributed by atoms with Gasteiger partial charge in [-0.25, -0.2) is 9.97 Å². The number of hydrogen-bond donors (Lipinski definition) is 4. The minimum Gasteiger partial charge on any atom is -0.383 e. The van der Waals surface area contributed by atoms with Gasteiger partial charge in [0.1, 0.15) is 27.5 Å². The molecule has 3 atom stereocenters. The maximum absolute atomic E-state index is 13.4. The van der Waals surface area contributed by atoms with Gasteiger partial charge >= 0.3 is 0 Å². The molecule has 3 aromatic rings. The van der Waals surface area contributed by atoms with Crippen LogP contribution in [-0.2, 0) is 16.0 Å². The standard InChI is InChI=1S/C30H38N6O5S2/c1-17(2)24-29-34-21(15-43-29)26(39)31-11-8-12-36(30(41)25(38)18(3)4)14-23(37)32-20(13-19-9-6-5-7-10-19)28-33-22(16-42-28)27(40)35-24/h5-7,9-10,15-18,20,24-25,38H,8,11-14H2,1-4H3,(H,31,39)(H,32,37)(H,35,40)/t20-,24-,25+/m0/s1. The van der Waals surface area contributed by atoms with Crippen LogP contribution in [0.25, 0.3) is 0 Å². The van der Waals surface area contributed by atoms with Crippen LogP contribution in [0.5, 0.6) is 0 Å². The Morgan fingerprint density at radius 2 is 1.63 bits per heavy atom. The Morgan fingerprint density at radius 3 is 2.30 bits per heavy atom. The van der Waals surface area contributed by atoms with Crippen LogP contribution in [0.15, 0.2) is 41.1 Å². The van der Waals surface area contributed by atoms with Crippen molar-refractivity contribution in [1.82, 2.24) is 30.8 Å². The fraction of sp³-hybridized carbons (Fsp3) is 0.467.